The van der Waals surface area contributed by atoms with Gasteiger partial charge in [0.2, 0.25) is 10.0 Å². The highest BCUT2D eigenvalue weighted by molar-refractivity contribution is 7.89. The second kappa shape index (κ2) is 6.22. The highest BCUT2D eigenvalue weighted by Gasteiger charge is 2.32. The van der Waals surface area contributed by atoms with E-state index in [0.29, 0.717) is 18.7 Å². The van der Waals surface area contributed by atoms with Crippen molar-refractivity contribution in [3.05, 3.63) is 29.8 Å². The molecule has 0 aromatic heterocycles. The van der Waals surface area contributed by atoms with Gasteiger partial charge in [0.15, 0.2) is 0 Å². The number of benzene rings is 1. The van der Waals surface area contributed by atoms with Crippen LogP contribution in [0, 0.1) is 0 Å². The Kier molecular flexibility index (Phi) is 4.44. The number of hydrogen-bond donors (Lipinski definition) is 0. The zero-order valence-corrected chi connectivity index (χ0v) is 14.3. The predicted molar refractivity (Wildman–Crippen MR) is 85.7 cm³/mol. The SMILES string of the molecule is CC1CN(S(=O)(=O)c2cccc(C(=O)N3CCC3)c2)CC(C)O1. The Labute approximate surface area is 137 Å². The first-order chi connectivity index (χ1) is 10.9. The van der Waals surface area contributed by atoms with E-state index >= 15 is 0 Å². The van der Waals surface area contributed by atoms with Crippen LogP contribution in [0.1, 0.15) is 30.6 Å². The molecule has 2 aliphatic heterocycles. The fourth-order valence-corrected chi connectivity index (χ4v) is 4.60. The topological polar surface area (TPSA) is 66.9 Å². The first kappa shape index (κ1) is 16.4. The van der Waals surface area contributed by atoms with E-state index in [1.165, 1.54) is 10.4 Å². The molecule has 0 aliphatic carbocycles. The first-order valence-corrected chi connectivity index (χ1v) is 9.37. The summed E-state index contributed by atoms with van der Waals surface area (Å²) in [5.74, 6) is -0.1000. The molecule has 2 saturated heterocycles. The lowest BCUT2D eigenvalue weighted by molar-refractivity contribution is -0.0440. The molecule has 126 valence electrons. The molecule has 2 aliphatic rings. The monoisotopic (exact) mass is 338 g/mol. The zero-order valence-electron chi connectivity index (χ0n) is 13.4. The molecule has 0 spiro atoms. The van der Waals surface area contributed by atoms with Crippen molar-refractivity contribution in [3.8, 4) is 0 Å². The number of hydrogen-bond acceptors (Lipinski definition) is 4. The standard InChI is InChI=1S/C16H22N2O4S/c1-12-10-18(11-13(2)22-12)23(20,21)15-6-3-5-14(9-15)16(19)17-7-4-8-17/h3,5-6,9,12-13H,4,7-8,10-11H2,1-2H3. The number of rotatable bonds is 3. The molecule has 6 nitrogen and oxygen atoms in total. The maximum absolute atomic E-state index is 12.9. The van der Waals surface area contributed by atoms with Gasteiger partial charge in [0.1, 0.15) is 0 Å². The zero-order chi connectivity index (χ0) is 16.6. The summed E-state index contributed by atoms with van der Waals surface area (Å²) in [5, 5.41) is 0. The van der Waals surface area contributed by atoms with Gasteiger partial charge in [-0.05, 0) is 38.5 Å². The second-order valence-electron chi connectivity index (χ2n) is 6.25. The molecule has 0 radical (unpaired) electrons. The Balaban J connectivity index is 1.86. The van der Waals surface area contributed by atoms with Crippen LogP contribution >= 0.6 is 0 Å². The largest absolute Gasteiger partial charge is 0.373 e. The summed E-state index contributed by atoms with van der Waals surface area (Å²) in [6.07, 6.45) is 0.728. The highest BCUT2D eigenvalue weighted by Crippen LogP contribution is 2.23. The minimum Gasteiger partial charge on any atom is -0.373 e. The number of nitrogens with zero attached hydrogens (tertiary/aromatic N) is 2. The number of amides is 1. The lowest BCUT2D eigenvalue weighted by Crippen LogP contribution is -2.48. The van der Waals surface area contributed by atoms with Gasteiger partial charge < -0.3 is 9.64 Å². The van der Waals surface area contributed by atoms with Gasteiger partial charge in [-0.25, -0.2) is 8.42 Å². The summed E-state index contributed by atoms with van der Waals surface area (Å²) in [6.45, 7) is 5.88. The van der Waals surface area contributed by atoms with Crippen LogP contribution in [0.4, 0.5) is 0 Å². The van der Waals surface area contributed by atoms with Gasteiger partial charge in [-0.3, -0.25) is 4.79 Å². The summed E-state index contributed by atoms with van der Waals surface area (Å²) in [5.41, 5.74) is 0.431. The Bertz CT molecular complexity index is 690. The molecule has 2 unspecified atom stereocenters. The number of carbonyl (C=O) groups is 1. The molecule has 2 atom stereocenters. The average Bonchev–Trinajstić information content (AvgIpc) is 2.44. The summed E-state index contributed by atoms with van der Waals surface area (Å²) in [4.78, 5) is 14.2. The van der Waals surface area contributed by atoms with E-state index in [4.69, 9.17) is 4.74 Å². The van der Waals surface area contributed by atoms with Crippen molar-refractivity contribution >= 4 is 15.9 Å². The van der Waals surface area contributed by atoms with Crippen LogP contribution in [-0.4, -0.2) is 61.9 Å². The van der Waals surface area contributed by atoms with Crippen molar-refractivity contribution in [2.24, 2.45) is 0 Å². The number of likely N-dealkylation sites (tertiary alicyclic amines) is 1. The molecule has 23 heavy (non-hydrogen) atoms. The molecule has 1 aromatic carbocycles. The minimum atomic E-state index is -3.62. The van der Waals surface area contributed by atoms with Gasteiger partial charge >= 0.3 is 0 Å². The molecule has 1 amide bonds. The van der Waals surface area contributed by atoms with Gasteiger partial charge in [0.25, 0.3) is 5.91 Å². The van der Waals surface area contributed by atoms with Crippen molar-refractivity contribution in [2.45, 2.75) is 37.4 Å². The molecular weight excluding hydrogens is 316 g/mol. The normalized spacial score (nSPS) is 25.9. The van der Waals surface area contributed by atoms with E-state index in [2.05, 4.69) is 0 Å². The smallest absolute Gasteiger partial charge is 0.253 e. The van der Waals surface area contributed by atoms with Gasteiger partial charge in [-0.15, -0.1) is 0 Å². The Morgan fingerprint density at radius 2 is 1.83 bits per heavy atom. The van der Waals surface area contributed by atoms with E-state index in [-0.39, 0.29) is 23.0 Å². The minimum absolute atomic E-state index is 0.1000. The molecule has 1 aromatic rings. The summed E-state index contributed by atoms with van der Waals surface area (Å²) >= 11 is 0. The van der Waals surface area contributed by atoms with Gasteiger partial charge in [0, 0.05) is 31.7 Å². The van der Waals surface area contributed by atoms with Crippen LogP contribution in [0.2, 0.25) is 0 Å². The maximum Gasteiger partial charge on any atom is 0.253 e. The van der Waals surface area contributed by atoms with Gasteiger partial charge in [-0.2, -0.15) is 4.31 Å². The van der Waals surface area contributed by atoms with E-state index in [0.717, 1.165) is 19.5 Å². The number of carbonyl (C=O) groups excluding carboxylic acids is 1. The maximum atomic E-state index is 12.9. The molecule has 2 heterocycles. The molecule has 2 fully saturated rings. The molecular formula is C16H22N2O4S. The Hall–Kier alpha value is -1.44. The van der Waals surface area contributed by atoms with Crippen LogP contribution < -0.4 is 0 Å². The van der Waals surface area contributed by atoms with E-state index in [1.807, 2.05) is 13.8 Å². The summed E-state index contributed by atoms with van der Waals surface area (Å²) < 4.78 is 32.7. The molecule has 0 bridgehead atoms. The van der Waals surface area contributed by atoms with Crippen molar-refractivity contribution in [1.29, 1.82) is 0 Å². The quantitative estimate of drug-likeness (QED) is 0.834. The third-order valence-electron chi connectivity index (χ3n) is 4.25. The Morgan fingerprint density at radius 3 is 2.39 bits per heavy atom. The van der Waals surface area contributed by atoms with Gasteiger partial charge in [-0.1, -0.05) is 6.07 Å². The highest BCUT2D eigenvalue weighted by atomic mass is 32.2. The summed E-state index contributed by atoms with van der Waals surface area (Å²) in [6, 6.07) is 6.34. The number of morpholine rings is 1. The third kappa shape index (κ3) is 3.27. The van der Waals surface area contributed by atoms with Gasteiger partial charge in [0.05, 0.1) is 17.1 Å². The third-order valence-corrected chi connectivity index (χ3v) is 6.08. The lowest BCUT2D eigenvalue weighted by atomic mass is 10.1. The number of ether oxygens (including phenoxy) is 1. The van der Waals surface area contributed by atoms with Crippen LogP contribution in [0.3, 0.4) is 0 Å². The van der Waals surface area contributed by atoms with Crippen LogP contribution in [0.5, 0.6) is 0 Å². The van der Waals surface area contributed by atoms with Crippen LogP contribution in [0.25, 0.3) is 0 Å². The van der Waals surface area contributed by atoms with Crippen molar-refractivity contribution in [3.63, 3.8) is 0 Å². The first-order valence-electron chi connectivity index (χ1n) is 7.93. The fraction of sp³-hybridized carbons (Fsp3) is 0.562. The summed E-state index contributed by atoms with van der Waals surface area (Å²) in [7, 11) is -3.62. The molecule has 0 N–H and O–H groups in total. The number of sulfonamides is 1. The van der Waals surface area contributed by atoms with E-state index < -0.39 is 10.0 Å². The molecule has 3 rings (SSSR count). The molecule has 0 saturated carbocycles. The van der Waals surface area contributed by atoms with Crippen LogP contribution in [-0.2, 0) is 14.8 Å². The van der Waals surface area contributed by atoms with Crippen molar-refractivity contribution in [2.75, 3.05) is 26.2 Å². The van der Waals surface area contributed by atoms with Crippen LogP contribution in [0.15, 0.2) is 29.2 Å². The second-order valence-corrected chi connectivity index (χ2v) is 8.19. The molecule has 7 heteroatoms. The lowest BCUT2D eigenvalue weighted by Gasteiger charge is -2.34. The fourth-order valence-electron chi connectivity index (χ4n) is 2.97. The predicted octanol–water partition coefficient (Wildman–Crippen LogP) is 1.33. The average molecular weight is 338 g/mol. The van der Waals surface area contributed by atoms with E-state index in [1.54, 1.807) is 23.1 Å². The van der Waals surface area contributed by atoms with E-state index in [9.17, 15) is 13.2 Å². The van der Waals surface area contributed by atoms with Crippen molar-refractivity contribution < 1.29 is 17.9 Å². The Morgan fingerprint density at radius 1 is 1.17 bits per heavy atom. The van der Waals surface area contributed by atoms with Crippen molar-refractivity contribution in [1.82, 2.24) is 9.21 Å².